The second kappa shape index (κ2) is 8.07. The van der Waals surface area contributed by atoms with Crippen LogP contribution in [0.15, 0.2) is 42.5 Å². The maximum absolute atomic E-state index is 13.0. The van der Waals surface area contributed by atoms with Crippen molar-refractivity contribution in [2.75, 3.05) is 38.0 Å². The minimum absolute atomic E-state index is 0.0698. The molecular formula is C24H25N5O2. The molecule has 5 rings (SSSR count). The summed E-state index contributed by atoms with van der Waals surface area (Å²) in [5.41, 5.74) is 3.28. The van der Waals surface area contributed by atoms with Crippen molar-refractivity contribution in [1.29, 1.82) is 0 Å². The highest BCUT2D eigenvalue weighted by Crippen LogP contribution is 2.28. The predicted octanol–water partition coefficient (Wildman–Crippen LogP) is 2.89. The van der Waals surface area contributed by atoms with Crippen LogP contribution in [0.25, 0.3) is 10.9 Å². The van der Waals surface area contributed by atoms with Gasteiger partial charge in [-0.2, -0.15) is 0 Å². The normalized spacial score (nSPS) is 16.8. The number of carbonyl (C=O) groups is 2. The molecule has 1 fully saturated rings. The molecule has 1 aromatic heterocycles. The summed E-state index contributed by atoms with van der Waals surface area (Å²) < 4.78 is 0. The summed E-state index contributed by atoms with van der Waals surface area (Å²) in [5, 5.41) is 3.95. The average molecular weight is 415 g/mol. The summed E-state index contributed by atoms with van der Waals surface area (Å²) >= 11 is 0. The number of hydrogen-bond acceptors (Lipinski definition) is 6. The maximum Gasteiger partial charge on any atom is 0.254 e. The second-order valence-corrected chi connectivity index (χ2v) is 8.20. The summed E-state index contributed by atoms with van der Waals surface area (Å²) in [4.78, 5) is 38.8. The van der Waals surface area contributed by atoms with Crippen LogP contribution in [-0.2, 0) is 6.54 Å². The molecule has 2 aliphatic rings. The number of Topliss-reactive ketones (excluding diaryl/α,β-unsaturated/α-hetero) is 1. The number of carbonyl (C=O) groups excluding carboxylic acids is 2. The first-order valence-electron chi connectivity index (χ1n) is 10.7. The van der Waals surface area contributed by atoms with Gasteiger partial charge in [-0.05, 0) is 31.0 Å². The molecule has 3 aromatic rings. The molecule has 1 N–H and O–H groups in total. The number of amides is 1. The Bertz CT molecular complexity index is 1180. The molecule has 1 amide bonds. The van der Waals surface area contributed by atoms with Crippen molar-refractivity contribution in [2.24, 2.45) is 0 Å². The second-order valence-electron chi connectivity index (χ2n) is 8.20. The fraction of sp³-hybridized carbons (Fsp3) is 0.333. The number of anilines is 1. The molecule has 3 heterocycles. The van der Waals surface area contributed by atoms with Crippen molar-refractivity contribution in [2.45, 2.75) is 19.9 Å². The summed E-state index contributed by atoms with van der Waals surface area (Å²) in [6, 6.07) is 13.4. The van der Waals surface area contributed by atoms with Gasteiger partial charge in [-0.3, -0.25) is 14.5 Å². The number of rotatable bonds is 3. The van der Waals surface area contributed by atoms with Gasteiger partial charge in [0.05, 0.1) is 24.0 Å². The summed E-state index contributed by atoms with van der Waals surface area (Å²) in [7, 11) is 0. The highest BCUT2D eigenvalue weighted by molar-refractivity contribution is 6.15. The largest absolute Gasteiger partial charge is 0.362 e. The zero-order valence-electron chi connectivity index (χ0n) is 17.6. The Hall–Kier alpha value is -3.32. The van der Waals surface area contributed by atoms with Gasteiger partial charge in [0.25, 0.3) is 5.91 Å². The van der Waals surface area contributed by atoms with E-state index in [4.69, 9.17) is 9.97 Å². The van der Waals surface area contributed by atoms with Gasteiger partial charge in [0.2, 0.25) is 0 Å². The van der Waals surface area contributed by atoms with Gasteiger partial charge in [0.15, 0.2) is 5.78 Å². The summed E-state index contributed by atoms with van der Waals surface area (Å²) in [6.07, 6.45) is 0.912. The first-order chi connectivity index (χ1) is 15.1. The Kier molecular flexibility index (Phi) is 5.11. The van der Waals surface area contributed by atoms with Gasteiger partial charge in [0.1, 0.15) is 11.6 Å². The van der Waals surface area contributed by atoms with E-state index in [2.05, 4.69) is 10.2 Å². The quantitative estimate of drug-likeness (QED) is 0.709. The number of hydrogen-bond donors (Lipinski definition) is 1. The van der Waals surface area contributed by atoms with Crippen LogP contribution in [0, 0.1) is 6.92 Å². The van der Waals surface area contributed by atoms with E-state index in [0.717, 1.165) is 59.7 Å². The Balaban J connectivity index is 1.32. The van der Waals surface area contributed by atoms with Crippen LogP contribution in [0.3, 0.4) is 0 Å². The number of benzene rings is 2. The summed E-state index contributed by atoms with van der Waals surface area (Å²) in [6.45, 7) is 5.97. The van der Waals surface area contributed by atoms with E-state index in [1.165, 1.54) is 0 Å². The third-order valence-electron chi connectivity index (χ3n) is 6.10. The highest BCUT2D eigenvalue weighted by Gasteiger charge is 2.24. The number of nitrogens with zero attached hydrogens (tertiary/aromatic N) is 4. The predicted molar refractivity (Wildman–Crippen MR) is 119 cm³/mol. The van der Waals surface area contributed by atoms with Crippen LogP contribution < -0.4 is 5.32 Å². The third-order valence-corrected chi connectivity index (χ3v) is 6.10. The van der Waals surface area contributed by atoms with Crippen LogP contribution in [0.1, 0.15) is 38.5 Å². The number of ketones is 1. The van der Waals surface area contributed by atoms with Crippen molar-refractivity contribution in [1.82, 2.24) is 19.8 Å². The van der Waals surface area contributed by atoms with Gasteiger partial charge in [-0.1, -0.05) is 30.3 Å². The van der Waals surface area contributed by atoms with Crippen LogP contribution in [0.2, 0.25) is 0 Å². The minimum atomic E-state index is 0.0698. The van der Waals surface area contributed by atoms with Gasteiger partial charge in [0, 0.05) is 37.3 Å². The van der Waals surface area contributed by atoms with Gasteiger partial charge in [-0.25, -0.2) is 9.97 Å². The van der Waals surface area contributed by atoms with Crippen molar-refractivity contribution in [3.63, 3.8) is 0 Å². The molecule has 31 heavy (non-hydrogen) atoms. The van der Waals surface area contributed by atoms with Crippen LogP contribution in [-0.4, -0.2) is 64.2 Å². The maximum atomic E-state index is 13.0. The molecule has 0 radical (unpaired) electrons. The van der Waals surface area contributed by atoms with E-state index in [0.29, 0.717) is 18.7 Å². The van der Waals surface area contributed by atoms with Gasteiger partial charge < -0.3 is 10.2 Å². The topological polar surface area (TPSA) is 78.4 Å². The zero-order chi connectivity index (χ0) is 21.4. The van der Waals surface area contributed by atoms with E-state index in [9.17, 15) is 9.59 Å². The lowest BCUT2D eigenvalue weighted by molar-refractivity contribution is 0.0760. The first-order valence-corrected chi connectivity index (χ1v) is 10.7. The lowest BCUT2D eigenvalue weighted by Gasteiger charge is -2.23. The van der Waals surface area contributed by atoms with Gasteiger partial charge >= 0.3 is 0 Å². The smallest absolute Gasteiger partial charge is 0.254 e. The summed E-state index contributed by atoms with van der Waals surface area (Å²) in [5.74, 6) is 1.65. The molecule has 0 saturated carbocycles. The van der Waals surface area contributed by atoms with Crippen LogP contribution >= 0.6 is 0 Å². The standard InChI is InChI=1S/C24H25N5O2/c1-16-6-2-3-7-17(16)24(31)29-11-5-10-28(12-13-29)15-21-26-19-9-4-8-18-20(30)14-25-23(27-21)22(18)19/h2-4,6-9H,5,10-15H2,1H3,(H,25,26,27). The Morgan fingerprint density at radius 3 is 2.77 bits per heavy atom. The molecule has 2 aliphatic heterocycles. The van der Waals surface area contributed by atoms with Crippen molar-refractivity contribution in [3.8, 4) is 0 Å². The fourth-order valence-electron chi connectivity index (χ4n) is 4.44. The number of aromatic nitrogens is 2. The Labute approximate surface area is 181 Å². The van der Waals surface area contributed by atoms with E-state index < -0.39 is 0 Å². The molecule has 7 heteroatoms. The molecule has 0 atom stereocenters. The molecule has 0 spiro atoms. The molecule has 1 saturated heterocycles. The minimum Gasteiger partial charge on any atom is -0.362 e. The zero-order valence-corrected chi connectivity index (χ0v) is 17.6. The monoisotopic (exact) mass is 415 g/mol. The molecule has 158 valence electrons. The van der Waals surface area contributed by atoms with Crippen LogP contribution in [0.5, 0.6) is 0 Å². The molecule has 0 unspecified atom stereocenters. The van der Waals surface area contributed by atoms with E-state index in [1.807, 2.05) is 54.3 Å². The number of nitrogens with one attached hydrogen (secondary N) is 1. The molecule has 7 nitrogen and oxygen atoms in total. The van der Waals surface area contributed by atoms with E-state index in [1.54, 1.807) is 0 Å². The Morgan fingerprint density at radius 2 is 1.90 bits per heavy atom. The molecule has 0 aliphatic carbocycles. The average Bonchev–Trinajstić information content (AvgIpc) is 3.02. The van der Waals surface area contributed by atoms with Crippen molar-refractivity contribution < 1.29 is 9.59 Å². The first kappa shape index (κ1) is 19.6. The van der Waals surface area contributed by atoms with E-state index in [-0.39, 0.29) is 18.2 Å². The van der Waals surface area contributed by atoms with Gasteiger partial charge in [-0.15, -0.1) is 0 Å². The van der Waals surface area contributed by atoms with Crippen molar-refractivity contribution in [3.05, 3.63) is 65.0 Å². The third kappa shape index (κ3) is 3.77. The SMILES string of the molecule is Cc1ccccc1C(=O)N1CCCN(Cc2nc3c4c(cccc4n2)C(=O)CN3)CC1. The lowest BCUT2D eigenvalue weighted by Crippen LogP contribution is -2.35. The molecule has 2 aromatic carbocycles. The fourth-order valence-corrected chi connectivity index (χ4v) is 4.44. The molecular weight excluding hydrogens is 390 g/mol. The van der Waals surface area contributed by atoms with Crippen molar-refractivity contribution >= 4 is 28.4 Å². The molecule has 0 bridgehead atoms. The Morgan fingerprint density at radius 1 is 1.03 bits per heavy atom. The highest BCUT2D eigenvalue weighted by atomic mass is 16.2. The number of aryl methyl sites for hydroxylation is 1. The van der Waals surface area contributed by atoms with E-state index >= 15 is 0 Å². The lowest BCUT2D eigenvalue weighted by atomic mass is 10.0. The van der Waals surface area contributed by atoms with Crippen LogP contribution in [0.4, 0.5) is 5.82 Å².